The molecule has 2 unspecified atom stereocenters. The van der Waals surface area contributed by atoms with Gasteiger partial charge in [-0.2, -0.15) is 18.3 Å². The van der Waals surface area contributed by atoms with Crippen molar-refractivity contribution in [1.29, 1.82) is 0 Å². The van der Waals surface area contributed by atoms with Crippen LogP contribution in [0.3, 0.4) is 0 Å². The maximum Gasteiger partial charge on any atom is 0.408 e. The van der Waals surface area contributed by atoms with Gasteiger partial charge in [-0.05, 0) is 105 Å². The van der Waals surface area contributed by atoms with Crippen LogP contribution >= 0.6 is 0 Å². The second-order valence-corrected chi connectivity index (χ2v) is 12.2. The van der Waals surface area contributed by atoms with Gasteiger partial charge in [0.1, 0.15) is 6.54 Å². The third-order valence-corrected chi connectivity index (χ3v) is 8.44. The fourth-order valence-corrected chi connectivity index (χ4v) is 6.04. The molecular formula is C35H42F3N3O. The van der Waals surface area contributed by atoms with Crippen molar-refractivity contribution in [3.63, 3.8) is 0 Å². The zero-order valence-electron chi connectivity index (χ0n) is 25.6. The van der Waals surface area contributed by atoms with Crippen LogP contribution in [0.25, 0.3) is 5.57 Å². The summed E-state index contributed by atoms with van der Waals surface area (Å²) in [7, 11) is 0. The summed E-state index contributed by atoms with van der Waals surface area (Å²) in [6.07, 6.45) is 11.2. The zero-order chi connectivity index (χ0) is 30.6. The van der Waals surface area contributed by atoms with Crippen molar-refractivity contribution in [2.45, 2.75) is 92.3 Å². The Morgan fingerprint density at radius 3 is 2.50 bits per heavy atom. The topological polar surface area (TPSA) is 47.8 Å². The van der Waals surface area contributed by atoms with Crippen molar-refractivity contribution >= 4 is 11.4 Å². The number of rotatable bonds is 8. The summed E-state index contributed by atoms with van der Waals surface area (Å²) in [6.45, 7) is 11.0. The SMILES string of the molecule is CC(=O)C(=C(/C)C(C)C)/C1=C/C2=C(CCC(C)=C1)C(c1cnn(CC(F)(F)F)c1)=CC(CC(C)c1ccccn1)CC2. The minimum absolute atomic E-state index is 0.0408. The van der Waals surface area contributed by atoms with Gasteiger partial charge in [-0.3, -0.25) is 14.5 Å². The maximum absolute atomic E-state index is 13.2. The number of ketones is 1. The lowest BCUT2D eigenvalue weighted by atomic mass is 9.84. The molecule has 0 N–H and O–H groups in total. The van der Waals surface area contributed by atoms with Crippen LogP contribution in [-0.4, -0.2) is 26.7 Å². The van der Waals surface area contributed by atoms with Crippen LogP contribution < -0.4 is 0 Å². The highest BCUT2D eigenvalue weighted by Gasteiger charge is 2.30. The molecule has 2 atom stereocenters. The third kappa shape index (κ3) is 7.87. The second kappa shape index (κ2) is 13.2. The normalized spacial score (nSPS) is 20.8. The minimum atomic E-state index is -4.35. The number of hydrogen-bond donors (Lipinski definition) is 0. The number of Topliss-reactive ketones (excluding diaryl/α,β-unsaturated/α-hetero) is 1. The number of allylic oxidation sites excluding steroid dienone is 10. The summed E-state index contributed by atoms with van der Waals surface area (Å²) in [5.74, 6) is 0.679. The van der Waals surface area contributed by atoms with E-state index in [2.05, 4.69) is 56.0 Å². The molecule has 0 aromatic carbocycles. The predicted molar refractivity (Wildman–Crippen MR) is 163 cm³/mol. The Morgan fingerprint density at radius 1 is 1.10 bits per heavy atom. The lowest BCUT2D eigenvalue weighted by Crippen LogP contribution is -2.17. The van der Waals surface area contributed by atoms with E-state index >= 15 is 0 Å². The van der Waals surface area contributed by atoms with E-state index in [9.17, 15) is 18.0 Å². The molecule has 0 amide bonds. The van der Waals surface area contributed by atoms with Crippen molar-refractivity contribution in [2.75, 3.05) is 0 Å². The van der Waals surface area contributed by atoms with Crippen LogP contribution in [0, 0.1) is 11.8 Å². The summed E-state index contributed by atoms with van der Waals surface area (Å²) < 4.78 is 40.6. The van der Waals surface area contributed by atoms with Gasteiger partial charge in [-0.25, -0.2) is 0 Å². The van der Waals surface area contributed by atoms with Crippen molar-refractivity contribution in [3.8, 4) is 0 Å². The van der Waals surface area contributed by atoms with E-state index in [1.807, 2.05) is 31.3 Å². The van der Waals surface area contributed by atoms with E-state index in [1.54, 1.807) is 13.1 Å². The second-order valence-electron chi connectivity index (χ2n) is 12.2. The van der Waals surface area contributed by atoms with Crippen LogP contribution in [0.4, 0.5) is 13.2 Å². The first kappa shape index (κ1) is 31.5. The first-order valence-corrected chi connectivity index (χ1v) is 14.9. The first-order chi connectivity index (χ1) is 19.8. The molecule has 0 saturated heterocycles. The molecule has 2 aliphatic carbocycles. The van der Waals surface area contributed by atoms with E-state index in [1.165, 1.54) is 11.8 Å². The Bertz CT molecular complexity index is 1450. The highest BCUT2D eigenvalue weighted by Crippen LogP contribution is 2.42. The highest BCUT2D eigenvalue weighted by atomic mass is 19.4. The Morgan fingerprint density at radius 2 is 1.86 bits per heavy atom. The molecule has 2 aromatic rings. The number of alkyl halides is 3. The van der Waals surface area contributed by atoms with Crippen molar-refractivity contribution in [1.82, 2.24) is 14.8 Å². The maximum atomic E-state index is 13.2. The molecule has 4 rings (SSSR count). The number of aromatic nitrogens is 3. The van der Waals surface area contributed by atoms with Crippen LogP contribution in [0.1, 0.15) is 90.8 Å². The van der Waals surface area contributed by atoms with Gasteiger partial charge in [0.15, 0.2) is 5.78 Å². The molecule has 224 valence electrons. The quantitative estimate of drug-likeness (QED) is 0.294. The predicted octanol–water partition coefficient (Wildman–Crippen LogP) is 9.35. The van der Waals surface area contributed by atoms with Crippen LogP contribution in [-0.2, 0) is 11.3 Å². The number of hydrogen-bond acceptors (Lipinski definition) is 3. The summed E-state index contributed by atoms with van der Waals surface area (Å²) in [5.41, 5.74) is 8.85. The number of pyridine rings is 1. The Balaban J connectivity index is 1.83. The van der Waals surface area contributed by atoms with E-state index in [-0.39, 0.29) is 23.5 Å². The van der Waals surface area contributed by atoms with Crippen LogP contribution in [0.5, 0.6) is 0 Å². The largest absolute Gasteiger partial charge is 0.408 e. The molecule has 2 heterocycles. The van der Waals surface area contributed by atoms with Gasteiger partial charge in [0.05, 0.1) is 6.20 Å². The van der Waals surface area contributed by atoms with E-state index in [0.717, 1.165) is 75.9 Å². The van der Waals surface area contributed by atoms with Gasteiger partial charge in [0, 0.05) is 29.2 Å². The van der Waals surface area contributed by atoms with Gasteiger partial charge < -0.3 is 0 Å². The molecule has 0 fully saturated rings. The van der Waals surface area contributed by atoms with Gasteiger partial charge in [0.2, 0.25) is 0 Å². The molecule has 0 bridgehead atoms. The molecule has 2 aliphatic rings. The van der Waals surface area contributed by atoms with Gasteiger partial charge in [0.25, 0.3) is 0 Å². The highest BCUT2D eigenvalue weighted by molar-refractivity contribution is 5.99. The van der Waals surface area contributed by atoms with Crippen LogP contribution in [0.15, 0.2) is 88.5 Å². The van der Waals surface area contributed by atoms with E-state index < -0.39 is 12.7 Å². The molecule has 2 aromatic heterocycles. The van der Waals surface area contributed by atoms with Crippen molar-refractivity contribution in [3.05, 3.63) is 99.7 Å². The number of carbonyl (C=O) groups excluding carboxylic acids is 1. The zero-order valence-corrected chi connectivity index (χ0v) is 25.6. The van der Waals surface area contributed by atoms with Gasteiger partial charge in [-0.1, -0.05) is 56.2 Å². The van der Waals surface area contributed by atoms with Gasteiger partial charge in [-0.15, -0.1) is 0 Å². The van der Waals surface area contributed by atoms with E-state index in [4.69, 9.17) is 0 Å². The molecule has 0 radical (unpaired) electrons. The number of carbonyl (C=O) groups is 1. The average Bonchev–Trinajstić information content (AvgIpc) is 3.29. The third-order valence-electron chi connectivity index (χ3n) is 8.44. The van der Waals surface area contributed by atoms with Crippen LogP contribution in [0.2, 0.25) is 0 Å². The molecule has 0 aliphatic heterocycles. The molecule has 4 nitrogen and oxygen atoms in total. The summed E-state index contributed by atoms with van der Waals surface area (Å²) in [6, 6.07) is 5.95. The molecule has 7 heteroatoms. The molecule has 0 spiro atoms. The van der Waals surface area contributed by atoms with Crippen molar-refractivity contribution < 1.29 is 18.0 Å². The summed E-state index contributed by atoms with van der Waals surface area (Å²) in [4.78, 5) is 17.5. The Kier molecular flexibility index (Phi) is 9.90. The smallest absolute Gasteiger partial charge is 0.294 e. The number of nitrogens with zero attached hydrogens (tertiary/aromatic N) is 3. The van der Waals surface area contributed by atoms with Gasteiger partial charge >= 0.3 is 6.18 Å². The average molecular weight is 578 g/mol. The number of halogens is 3. The lowest BCUT2D eigenvalue weighted by Gasteiger charge is -2.20. The molecule has 0 saturated carbocycles. The molecule has 42 heavy (non-hydrogen) atoms. The lowest BCUT2D eigenvalue weighted by molar-refractivity contribution is -0.142. The minimum Gasteiger partial charge on any atom is -0.294 e. The van der Waals surface area contributed by atoms with Crippen molar-refractivity contribution in [2.24, 2.45) is 11.8 Å². The fourth-order valence-electron chi connectivity index (χ4n) is 6.04. The Labute approximate surface area is 247 Å². The Hall–Kier alpha value is -3.48. The fraction of sp³-hybridized carbons (Fsp3) is 0.457. The standard InChI is InChI=1S/C35H42F3N3O/c1-22(2)25(5)34(26(6)42)29-15-23(3)10-13-31-28(18-29)12-11-27(16-24(4)33-9-7-8-14-39-33)17-32(31)30-19-40-41(20-30)21-35(36,37)38/h7-9,14-15,17-20,22,24,27H,10-13,16,21H2,1-6H3/b23-15?,29-18+,34-25+. The van der Waals surface area contributed by atoms with E-state index in [0.29, 0.717) is 5.56 Å². The summed E-state index contributed by atoms with van der Waals surface area (Å²) >= 11 is 0. The first-order valence-electron chi connectivity index (χ1n) is 14.9. The monoisotopic (exact) mass is 577 g/mol. The summed E-state index contributed by atoms with van der Waals surface area (Å²) in [5, 5.41) is 4.09. The molecular weight excluding hydrogens is 535 g/mol.